The predicted octanol–water partition coefficient (Wildman–Crippen LogP) is 2.36. The topological polar surface area (TPSA) is 55.9 Å². The third kappa shape index (κ3) is 2.45. The highest BCUT2D eigenvalue weighted by Gasteiger charge is 2.19. The summed E-state index contributed by atoms with van der Waals surface area (Å²) in [6, 6.07) is 6.20. The van der Waals surface area contributed by atoms with E-state index in [0.29, 0.717) is 4.47 Å². The van der Waals surface area contributed by atoms with Gasteiger partial charge in [0.15, 0.2) is 0 Å². The molecule has 0 aliphatic heterocycles. The van der Waals surface area contributed by atoms with E-state index in [0.717, 1.165) is 17.8 Å². The van der Waals surface area contributed by atoms with Gasteiger partial charge < -0.3 is 0 Å². The normalized spacial score (nSPS) is 12.7. The molecule has 1 heterocycles. The second-order valence-electron chi connectivity index (χ2n) is 3.84. The van der Waals surface area contributed by atoms with E-state index in [2.05, 4.69) is 26.5 Å². The fraction of sp³-hybridized carbons (Fsp3) is 0.250. The Morgan fingerprint density at radius 1 is 1.50 bits per heavy atom. The van der Waals surface area contributed by atoms with Crippen LogP contribution in [-0.4, -0.2) is 9.78 Å². The molecule has 96 valence electrons. The first-order valence-electron chi connectivity index (χ1n) is 5.60. The molecule has 0 radical (unpaired) electrons. The number of hydrogen-bond donors (Lipinski definition) is 2. The number of halogens is 2. The number of nitrogens with zero attached hydrogens (tertiary/aromatic N) is 2. The first kappa shape index (κ1) is 13.2. The maximum Gasteiger partial charge on any atom is 0.124 e. The van der Waals surface area contributed by atoms with Crippen molar-refractivity contribution in [3.8, 4) is 0 Å². The molecule has 0 aliphatic rings. The lowest BCUT2D eigenvalue weighted by Gasteiger charge is -2.19. The summed E-state index contributed by atoms with van der Waals surface area (Å²) in [4.78, 5) is 0. The van der Waals surface area contributed by atoms with Crippen molar-refractivity contribution in [2.45, 2.75) is 19.5 Å². The summed E-state index contributed by atoms with van der Waals surface area (Å²) >= 11 is 3.36. The van der Waals surface area contributed by atoms with Crippen molar-refractivity contribution in [3.05, 3.63) is 52.0 Å². The highest BCUT2D eigenvalue weighted by Crippen LogP contribution is 2.28. The molecule has 0 saturated carbocycles. The van der Waals surface area contributed by atoms with Gasteiger partial charge >= 0.3 is 0 Å². The molecule has 0 amide bonds. The Balaban J connectivity index is 2.45. The molecule has 6 heteroatoms. The van der Waals surface area contributed by atoms with Crippen molar-refractivity contribution in [3.63, 3.8) is 0 Å². The average Bonchev–Trinajstić information content (AvgIpc) is 2.81. The average molecular weight is 313 g/mol. The van der Waals surface area contributed by atoms with Gasteiger partial charge in [0.05, 0.1) is 11.7 Å². The molecule has 4 nitrogen and oxygen atoms in total. The maximum atomic E-state index is 13.1. The summed E-state index contributed by atoms with van der Waals surface area (Å²) in [7, 11) is 0. The zero-order valence-corrected chi connectivity index (χ0v) is 11.5. The van der Waals surface area contributed by atoms with Crippen LogP contribution in [0.5, 0.6) is 0 Å². The van der Waals surface area contributed by atoms with Crippen molar-refractivity contribution in [1.82, 2.24) is 15.2 Å². The molecule has 1 aromatic heterocycles. The van der Waals surface area contributed by atoms with Gasteiger partial charge in [-0.2, -0.15) is 5.10 Å². The highest BCUT2D eigenvalue weighted by atomic mass is 79.9. The van der Waals surface area contributed by atoms with Crippen molar-refractivity contribution in [1.29, 1.82) is 0 Å². The Bertz CT molecular complexity index is 541. The van der Waals surface area contributed by atoms with Crippen LogP contribution in [0.25, 0.3) is 0 Å². The van der Waals surface area contributed by atoms with E-state index in [9.17, 15) is 4.39 Å². The van der Waals surface area contributed by atoms with E-state index in [4.69, 9.17) is 5.84 Å². The van der Waals surface area contributed by atoms with E-state index in [1.807, 2.05) is 17.7 Å². The minimum atomic E-state index is -0.287. The van der Waals surface area contributed by atoms with Crippen LogP contribution >= 0.6 is 15.9 Å². The van der Waals surface area contributed by atoms with Crippen LogP contribution in [0.15, 0.2) is 34.9 Å². The number of aromatic nitrogens is 2. The van der Waals surface area contributed by atoms with Crippen LogP contribution in [0.3, 0.4) is 0 Å². The lowest BCUT2D eigenvalue weighted by Crippen LogP contribution is -2.31. The van der Waals surface area contributed by atoms with Gasteiger partial charge in [0.1, 0.15) is 5.82 Å². The van der Waals surface area contributed by atoms with Crippen LogP contribution in [-0.2, 0) is 6.54 Å². The number of hydrazine groups is 1. The Hall–Kier alpha value is -1.24. The summed E-state index contributed by atoms with van der Waals surface area (Å²) in [5, 5.41) is 4.21. The first-order chi connectivity index (χ1) is 8.67. The molecule has 18 heavy (non-hydrogen) atoms. The van der Waals surface area contributed by atoms with E-state index >= 15 is 0 Å². The number of rotatable bonds is 4. The van der Waals surface area contributed by atoms with Gasteiger partial charge in [0, 0.05) is 17.2 Å². The number of benzene rings is 1. The minimum absolute atomic E-state index is 0.234. The molecule has 0 spiro atoms. The van der Waals surface area contributed by atoms with Crippen LogP contribution in [0.4, 0.5) is 4.39 Å². The quantitative estimate of drug-likeness (QED) is 0.673. The summed E-state index contributed by atoms with van der Waals surface area (Å²) in [6.07, 6.45) is 1.72. The lowest BCUT2D eigenvalue weighted by molar-refractivity contribution is 0.541. The smallest absolute Gasteiger partial charge is 0.124 e. The zero-order chi connectivity index (χ0) is 13.1. The molecule has 1 unspecified atom stereocenters. The van der Waals surface area contributed by atoms with E-state index < -0.39 is 0 Å². The van der Waals surface area contributed by atoms with Crippen molar-refractivity contribution >= 4 is 15.9 Å². The molecule has 0 saturated heterocycles. The van der Waals surface area contributed by atoms with Gasteiger partial charge in [-0.1, -0.05) is 22.0 Å². The lowest BCUT2D eigenvalue weighted by atomic mass is 10.0. The highest BCUT2D eigenvalue weighted by molar-refractivity contribution is 9.10. The van der Waals surface area contributed by atoms with Gasteiger partial charge in [0.2, 0.25) is 0 Å². The Labute approximate surface area is 113 Å². The summed E-state index contributed by atoms with van der Waals surface area (Å²) in [6.45, 7) is 2.75. The zero-order valence-electron chi connectivity index (χ0n) is 9.90. The van der Waals surface area contributed by atoms with Crippen LogP contribution in [0.2, 0.25) is 0 Å². The predicted molar refractivity (Wildman–Crippen MR) is 71.2 cm³/mol. The fourth-order valence-corrected chi connectivity index (χ4v) is 2.50. The molecular weight excluding hydrogens is 299 g/mol. The number of nitrogens with one attached hydrogen (secondary N) is 1. The Morgan fingerprint density at radius 3 is 2.89 bits per heavy atom. The van der Waals surface area contributed by atoms with Gasteiger partial charge in [-0.05, 0) is 30.7 Å². The molecule has 2 rings (SSSR count). The van der Waals surface area contributed by atoms with Gasteiger partial charge in [-0.3, -0.25) is 10.5 Å². The largest absolute Gasteiger partial charge is 0.271 e. The number of aryl methyl sites for hydroxylation is 1. The second kappa shape index (κ2) is 5.60. The minimum Gasteiger partial charge on any atom is -0.271 e. The van der Waals surface area contributed by atoms with E-state index in [-0.39, 0.29) is 11.9 Å². The van der Waals surface area contributed by atoms with Crippen LogP contribution in [0, 0.1) is 5.82 Å². The van der Waals surface area contributed by atoms with Gasteiger partial charge in [-0.25, -0.2) is 9.82 Å². The third-order valence-corrected chi connectivity index (χ3v) is 3.47. The summed E-state index contributed by atoms with van der Waals surface area (Å²) in [5.74, 6) is 5.33. The second-order valence-corrected chi connectivity index (χ2v) is 4.69. The van der Waals surface area contributed by atoms with Crippen molar-refractivity contribution in [2.24, 2.45) is 5.84 Å². The van der Waals surface area contributed by atoms with Crippen molar-refractivity contribution < 1.29 is 4.39 Å². The van der Waals surface area contributed by atoms with E-state index in [1.54, 1.807) is 12.3 Å². The molecular formula is C12H14BrFN4. The Kier molecular flexibility index (Phi) is 4.11. The third-order valence-electron chi connectivity index (χ3n) is 2.78. The molecule has 0 fully saturated rings. The molecule has 1 atom stereocenters. The molecule has 1 aromatic carbocycles. The number of hydrogen-bond acceptors (Lipinski definition) is 3. The molecule has 3 N–H and O–H groups in total. The Morgan fingerprint density at radius 2 is 2.28 bits per heavy atom. The SMILES string of the molecule is CCn1nccc1C(NN)c1ccc(F)cc1Br. The van der Waals surface area contributed by atoms with E-state index in [1.165, 1.54) is 12.1 Å². The maximum absolute atomic E-state index is 13.1. The molecule has 2 aromatic rings. The molecule has 0 aliphatic carbocycles. The fourth-order valence-electron chi connectivity index (χ4n) is 1.92. The van der Waals surface area contributed by atoms with Gasteiger partial charge in [-0.15, -0.1) is 0 Å². The summed E-state index contributed by atoms with van der Waals surface area (Å²) < 4.78 is 15.6. The standard InChI is InChI=1S/C12H14BrFN4/c1-2-18-11(5-6-16-18)12(17-15)9-4-3-8(14)7-10(9)13/h3-7,12,17H,2,15H2,1H3. The van der Waals surface area contributed by atoms with Crippen LogP contribution in [0.1, 0.15) is 24.2 Å². The first-order valence-corrected chi connectivity index (χ1v) is 6.39. The summed E-state index contributed by atoms with van der Waals surface area (Å²) in [5.41, 5.74) is 4.55. The van der Waals surface area contributed by atoms with Crippen LogP contribution < -0.4 is 11.3 Å². The molecule has 0 bridgehead atoms. The number of nitrogens with two attached hydrogens (primary N) is 1. The monoisotopic (exact) mass is 312 g/mol. The van der Waals surface area contributed by atoms with Gasteiger partial charge in [0.25, 0.3) is 0 Å². The van der Waals surface area contributed by atoms with Crippen molar-refractivity contribution in [2.75, 3.05) is 0 Å².